The van der Waals surface area contributed by atoms with E-state index in [1.54, 1.807) is 0 Å². The van der Waals surface area contributed by atoms with Gasteiger partial charge < -0.3 is 15.5 Å². The molecule has 0 radical (unpaired) electrons. The number of nitrogens with two attached hydrogens (primary N) is 1. The van der Waals surface area contributed by atoms with Gasteiger partial charge in [0.25, 0.3) is 0 Å². The first-order chi connectivity index (χ1) is 8.90. The van der Waals surface area contributed by atoms with E-state index >= 15 is 0 Å². The molecule has 2 rings (SSSR count). The van der Waals surface area contributed by atoms with Crippen LogP contribution in [0.4, 0.5) is 0 Å². The minimum absolute atomic E-state index is 0.150. The number of rotatable bonds is 2. The zero-order valence-corrected chi connectivity index (χ0v) is 12.8. The smallest absolute Gasteiger partial charge is 0.226 e. The van der Waals surface area contributed by atoms with E-state index in [1.807, 2.05) is 0 Å². The fourth-order valence-electron chi connectivity index (χ4n) is 3.73. The predicted molar refractivity (Wildman–Crippen MR) is 77.7 cm³/mol. The molecule has 0 spiro atoms. The Morgan fingerprint density at radius 1 is 1.16 bits per heavy atom. The molecular weight excluding hydrogens is 238 g/mol. The summed E-state index contributed by atoms with van der Waals surface area (Å²) < 4.78 is 0. The van der Waals surface area contributed by atoms with E-state index in [0.717, 1.165) is 32.4 Å². The van der Waals surface area contributed by atoms with Gasteiger partial charge in [-0.2, -0.15) is 0 Å². The van der Waals surface area contributed by atoms with Crippen molar-refractivity contribution in [1.29, 1.82) is 0 Å². The van der Waals surface area contributed by atoms with Crippen molar-refractivity contribution in [2.75, 3.05) is 27.2 Å². The van der Waals surface area contributed by atoms with Crippen LogP contribution in [0.3, 0.4) is 0 Å². The molecule has 19 heavy (non-hydrogen) atoms. The highest BCUT2D eigenvalue weighted by atomic mass is 16.2. The molecule has 1 saturated heterocycles. The fraction of sp³-hybridized carbons (Fsp3) is 0.933. The molecule has 5 atom stereocenters. The maximum atomic E-state index is 12.7. The molecule has 2 fully saturated rings. The van der Waals surface area contributed by atoms with Crippen LogP contribution in [0.5, 0.6) is 0 Å². The first kappa shape index (κ1) is 14.8. The Morgan fingerprint density at radius 3 is 2.42 bits per heavy atom. The van der Waals surface area contributed by atoms with Gasteiger partial charge in [0.2, 0.25) is 5.91 Å². The summed E-state index contributed by atoms with van der Waals surface area (Å²) in [5.41, 5.74) is 6.05. The Morgan fingerprint density at radius 2 is 1.84 bits per heavy atom. The van der Waals surface area contributed by atoms with Crippen LogP contribution >= 0.6 is 0 Å². The van der Waals surface area contributed by atoms with Gasteiger partial charge in [-0.05, 0) is 45.2 Å². The van der Waals surface area contributed by atoms with E-state index in [4.69, 9.17) is 5.73 Å². The molecule has 5 unspecified atom stereocenters. The largest absolute Gasteiger partial charge is 0.341 e. The molecular formula is C15H29N3O. The molecule has 4 nitrogen and oxygen atoms in total. The Balaban J connectivity index is 2.00. The van der Waals surface area contributed by atoms with Gasteiger partial charge in [0, 0.05) is 31.1 Å². The molecule has 1 heterocycles. The number of nitrogens with zero attached hydrogens (tertiary/aromatic N) is 2. The summed E-state index contributed by atoms with van der Waals surface area (Å²) in [5.74, 6) is 1.54. The number of likely N-dealkylation sites (tertiary alicyclic amines) is 1. The van der Waals surface area contributed by atoms with Crippen molar-refractivity contribution in [2.24, 2.45) is 23.5 Å². The van der Waals surface area contributed by atoms with Crippen molar-refractivity contribution in [3.05, 3.63) is 0 Å². The summed E-state index contributed by atoms with van der Waals surface area (Å²) >= 11 is 0. The number of carbonyl (C=O) groups excluding carboxylic acids is 1. The Hall–Kier alpha value is -0.610. The SMILES string of the molecule is CC1CCC(N)CC1C(=O)N1CC(C)C(N(C)C)C1. The second-order valence-electron chi connectivity index (χ2n) is 6.91. The quantitative estimate of drug-likeness (QED) is 0.817. The maximum absolute atomic E-state index is 12.7. The zero-order valence-electron chi connectivity index (χ0n) is 12.8. The van der Waals surface area contributed by atoms with Gasteiger partial charge in [0.05, 0.1) is 0 Å². The maximum Gasteiger partial charge on any atom is 0.226 e. The van der Waals surface area contributed by atoms with Gasteiger partial charge in [0.15, 0.2) is 0 Å². The van der Waals surface area contributed by atoms with Gasteiger partial charge in [-0.25, -0.2) is 0 Å². The number of carbonyl (C=O) groups is 1. The first-order valence-corrected chi connectivity index (χ1v) is 7.61. The molecule has 1 aliphatic heterocycles. The van der Waals surface area contributed by atoms with Crippen molar-refractivity contribution >= 4 is 5.91 Å². The van der Waals surface area contributed by atoms with Gasteiger partial charge in [-0.1, -0.05) is 13.8 Å². The topological polar surface area (TPSA) is 49.6 Å². The van der Waals surface area contributed by atoms with Crippen LogP contribution in [0.2, 0.25) is 0 Å². The number of likely N-dealkylation sites (N-methyl/N-ethyl adjacent to an activating group) is 1. The van der Waals surface area contributed by atoms with Crippen molar-refractivity contribution in [2.45, 2.75) is 45.2 Å². The lowest BCUT2D eigenvalue weighted by atomic mass is 9.77. The second kappa shape index (κ2) is 5.80. The molecule has 1 saturated carbocycles. The molecule has 0 aromatic carbocycles. The third kappa shape index (κ3) is 3.11. The van der Waals surface area contributed by atoms with Gasteiger partial charge in [0.1, 0.15) is 0 Å². The Kier molecular flexibility index (Phi) is 4.51. The van der Waals surface area contributed by atoms with Crippen LogP contribution in [0, 0.1) is 17.8 Å². The van der Waals surface area contributed by atoms with E-state index in [-0.39, 0.29) is 12.0 Å². The van der Waals surface area contributed by atoms with Crippen LogP contribution in [0.25, 0.3) is 0 Å². The number of amides is 1. The van der Waals surface area contributed by atoms with E-state index in [2.05, 4.69) is 37.7 Å². The van der Waals surface area contributed by atoms with E-state index in [0.29, 0.717) is 23.8 Å². The van der Waals surface area contributed by atoms with Crippen LogP contribution < -0.4 is 5.73 Å². The highest BCUT2D eigenvalue weighted by Crippen LogP contribution is 2.32. The highest BCUT2D eigenvalue weighted by molar-refractivity contribution is 5.79. The van der Waals surface area contributed by atoms with E-state index in [1.165, 1.54) is 0 Å². The summed E-state index contributed by atoms with van der Waals surface area (Å²) in [6.45, 7) is 6.23. The molecule has 0 aromatic heterocycles. The normalized spacial score (nSPS) is 39.9. The van der Waals surface area contributed by atoms with Crippen molar-refractivity contribution < 1.29 is 4.79 Å². The van der Waals surface area contributed by atoms with Crippen molar-refractivity contribution in [1.82, 2.24) is 9.80 Å². The molecule has 0 aromatic rings. The third-order valence-corrected chi connectivity index (χ3v) is 5.10. The monoisotopic (exact) mass is 267 g/mol. The summed E-state index contributed by atoms with van der Waals surface area (Å²) in [5, 5.41) is 0. The molecule has 2 aliphatic rings. The van der Waals surface area contributed by atoms with Crippen LogP contribution in [0.1, 0.15) is 33.1 Å². The zero-order chi connectivity index (χ0) is 14.2. The average Bonchev–Trinajstić information content (AvgIpc) is 2.74. The van der Waals surface area contributed by atoms with Gasteiger partial charge in [-0.3, -0.25) is 4.79 Å². The lowest BCUT2D eigenvalue weighted by molar-refractivity contribution is -0.137. The third-order valence-electron chi connectivity index (χ3n) is 5.10. The van der Waals surface area contributed by atoms with Crippen molar-refractivity contribution in [3.8, 4) is 0 Å². The van der Waals surface area contributed by atoms with E-state index in [9.17, 15) is 4.79 Å². The molecule has 110 valence electrons. The minimum Gasteiger partial charge on any atom is -0.341 e. The Bertz CT molecular complexity index is 331. The van der Waals surface area contributed by atoms with E-state index < -0.39 is 0 Å². The molecule has 1 amide bonds. The van der Waals surface area contributed by atoms with Crippen LogP contribution in [0.15, 0.2) is 0 Å². The summed E-state index contributed by atoms with van der Waals surface area (Å²) in [6, 6.07) is 0.714. The lowest BCUT2D eigenvalue weighted by Gasteiger charge is -2.34. The molecule has 0 bridgehead atoms. The molecule has 1 aliphatic carbocycles. The number of hydrogen-bond acceptors (Lipinski definition) is 3. The molecule has 4 heteroatoms. The average molecular weight is 267 g/mol. The lowest BCUT2D eigenvalue weighted by Crippen LogP contribution is -2.44. The standard InChI is InChI=1S/C15H29N3O/c1-10-5-6-12(16)7-13(10)15(19)18-8-11(2)14(9-18)17(3)4/h10-14H,5-9,16H2,1-4H3. The predicted octanol–water partition coefficient (Wildman–Crippen LogP) is 1.16. The summed E-state index contributed by atoms with van der Waals surface area (Å²) in [6.07, 6.45) is 3.04. The summed E-state index contributed by atoms with van der Waals surface area (Å²) in [7, 11) is 4.21. The van der Waals surface area contributed by atoms with Gasteiger partial charge in [-0.15, -0.1) is 0 Å². The molecule has 2 N–H and O–H groups in total. The van der Waals surface area contributed by atoms with Gasteiger partial charge >= 0.3 is 0 Å². The second-order valence-corrected chi connectivity index (χ2v) is 6.91. The summed E-state index contributed by atoms with van der Waals surface area (Å²) in [4.78, 5) is 17.0. The van der Waals surface area contributed by atoms with Crippen molar-refractivity contribution in [3.63, 3.8) is 0 Å². The minimum atomic E-state index is 0.150. The first-order valence-electron chi connectivity index (χ1n) is 7.61. The fourth-order valence-corrected chi connectivity index (χ4v) is 3.73. The van der Waals surface area contributed by atoms with Crippen LogP contribution in [-0.4, -0.2) is 55.0 Å². The Labute approximate surface area is 117 Å². The van der Waals surface area contributed by atoms with Crippen LogP contribution in [-0.2, 0) is 4.79 Å². The highest BCUT2D eigenvalue weighted by Gasteiger charge is 2.39. The number of hydrogen-bond donors (Lipinski definition) is 1.